The Kier molecular flexibility index (Phi) is 7.79. The fraction of sp³-hybridized carbons (Fsp3) is 0.300. The first-order valence-electron chi connectivity index (χ1n) is 8.74. The molecule has 144 valence electrons. The summed E-state index contributed by atoms with van der Waals surface area (Å²) in [4.78, 5) is 23.8. The lowest BCUT2D eigenvalue weighted by Gasteiger charge is -2.22. The van der Waals surface area contributed by atoms with Gasteiger partial charge in [0.25, 0.3) is 0 Å². The number of aromatic hydroxyl groups is 1. The molecule has 0 aliphatic rings. The highest BCUT2D eigenvalue weighted by atomic mass is 16.5. The fourth-order valence-electron chi connectivity index (χ4n) is 2.62. The highest BCUT2D eigenvalue weighted by Crippen LogP contribution is 2.09. The number of carbonyl (C=O) groups excluding carboxylic acids is 2. The molecule has 0 aromatic heterocycles. The van der Waals surface area contributed by atoms with Crippen molar-refractivity contribution in [3.63, 3.8) is 0 Å². The second-order valence-electron chi connectivity index (χ2n) is 6.29. The number of phenolic OH excluding ortho intramolecular Hbond substituents is 1. The number of hydrogen-bond acceptors (Lipinski definition) is 5. The zero-order valence-corrected chi connectivity index (χ0v) is 15.3. The summed E-state index contributed by atoms with van der Waals surface area (Å²) < 4.78 is 0. The third-order valence-corrected chi connectivity index (χ3v) is 3.94. The van der Waals surface area contributed by atoms with E-state index in [1.807, 2.05) is 30.3 Å². The number of hydrogen-bond donors (Lipinski definition) is 4. The lowest BCUT2D eigenvalue weighted by atomic mass is 10.1. The Morgan fingerprint density at radius 1 is 1.04 bits per heavy atom. The normalized spacial score (nSPS) is 11.8. The van der Waals surface area contributed by atoms with Crippen LogP contribution in [-0.4, -0.2) is 46.3 Å². The Labute approximate surface area is 158 Å². The topological polar surface area (TPSA) is 102 Å². The van der Waals surface area contributed by atoms with Crippen molar-refractivity contribution < 1.29 is 19.9 Å². The number of benzene rings is 2. The number of nitrogens with one attached hydrogen (secondary N) is 2. The van der Waals surface area contributed by atoms with Crippen LogP contribution in [0.5, 0.6) is 5.75 Å². The molecule has 2 rings (SSSR count). The maximum atomic E-state index is 12.4. The highest BCUT2D eigenvalue weighted by molar-refractivity contribution is 5.87. The predicted molar refractivity (Wildman–Crippen MR) is 101 cm³/mol. The van der Waals surface area contributed by atoms with Crippen LogP contribution >= 0.6 is 0 Å². The maximum Gasteiger partial charge on any atom is 0.244 e. The molecule has 4 N–H and O–H groups in total. The van der Waals surface area contributed by atoms with Gasteiger partial charge in [0.2, 0.25) is 11.8 Å². The lowest BCUT2D eigenvalue weighted by Crippen LogP contribution is -2.51. The molecule has 0 fully saturated rings. The number of hydroxylamine groups is 2. The fourth-order valence-corrected chi connectivity index (χ4v) is 2.62. The van der Waals surface area contributed by atoms with Crippen molar-refractivity contribution in [3.8, 4) is 5.75 Å². The van der Waals surface area contributed by atoms with Gasteiger partial charge in [-0.3, -0.25) is 9.59 Å². The van der Waals surface area contributed by atoms with Crippen LogP contribution in [0.4, 0.5) is 0 Å². The van der Waals surface area contributed by atoms with Crippen LogP contribution in [0.15, 0.2) is 54.6 Å². The predicted octanol–water partition coefficient (Wildman–Crippen LogP) is 1.45. The SMILES string of the molecule is CC(=O)NC(CN(O)Cc1ccccc1)C(=O)NCCc1ccc(O)cc1. The molecule has 27 heavy (non-hydrogen) atoms. The Morgan fingerprint density at radius 2 is 1.70 bits per heavy atom. The molecule has 0 bridgehead atoms. The molecule has 7 nitrogen and oxygen atoms in total. The molecule has 0 radical (unpaired) electrons. The minimum Gasteiger partial charge on any atom is -0.508 e. The Hall–Kier alpha value is -2.90. The van der Waals surface area contributed by atoms with E-state index in [1.54, 1.807) is 24.3 Å². The summed E-state index contributed by atoms with van der Waals surface area (Å²) in [5, 5.41) is 25.8. The second kappa shape index (κ2) is 10.3. The standard InChI is InChI=1S/C20H25N3O4/c1-15(24)22-19(14-23(27)13-17-5-3-2-4-6-17)20(26)21-12-11-16-7-9-18(25)10-8-16/h2-10,19,25,27H,11-14H2,1H3,(H,21,26)(H,22,24). The molecule has 2 aromatic carbocycles. The summed E-state index contributed by atoms with van der Waals surface area (Å²) in [5.74, 6) is -0.521. The maximum absolute atomic E-state index is 12.4. The summed E-state index contributed by atoms with van der Waals surface area (Å²) in [7, 11) is 0. The van der Waals surface area contributed by atoms with E-state index < -0.39 is 6.04 Å². The van der Waals surface area contributed by atoms with E-state index in [-0.39, 0.29) is 30.7 Å². The van der Waals surface area contributed by atoms with Gasteiger partial charge in [-0.2, -0.15) is 5.06 Å². The van der Waals surface area contributed by atoms with Gasteiger partial charge >= 0.3 is 0 Å². The molecule has 0 saturated carbocycles. The monoisotopic (exact) mass is 371 g/mol. The molecule has 0 aliphatic heterocycles. The van der Waals surface area contributed by atoms with Gasteiger partial charge in [-0.1, -0.05) is 42.5 Å². The van der Waals surface area contributed by atoms with E-state index in [9.17, 15) is 19.9 Å². The van der Waals surface area contributed by atoms with Gasteiger partial charge in [0.15, 0.2) is 0 Å². The van der Waals surface area contributed by atoms with Crippen LogP contribution in [0.2, 0.25) is 0 Å². The van der Waals surface area contributed by atoms with Gasteiger partial charge in [0.1, 0.15) is 11.8 Å². The van der Waals surface area contributed by atoms with Crippen molar-refractivity contribution in [2.45, 2.75) is 25.9 Å². The van der Waals surface area contributed by atoms with Crippen molar-refractivity contribution in [1.82, 2.24) is 15.7 Å². The molecule has 1 atom stereocenters. The highest BCUT2D eigenvalue weighted by Gasteiger charge is 2.22. The summed E-state index contributed by atoms with van der Waals surface area (Å²) in [6.45, 7) is 1.93. The molecule has 2 amide bonds. The van der Waals surface area contributed by atoms with Crippen molar-refractivity contribution in [2.75, 3.05) is 13.1 Å². The van der Waals surface area contributed by atoms with E-state index in [2.05, 4.69) is 10.6 Å². The molecule has 0 spiro atoms. The van der Waals surface area contributed by atoms with Gasteiger partial charge in [0, 0.05) is 20.0 Å². The van der Waals surface area contributed by atoms with E-state index >= 15 is 0 Å². The molecule has 1 unspecified atom stereocenters. The first-order valence-corrected chi connectivity index (χ1v) is 8.74. The van der Waals surface area contributed by atoms with Crippen LogP contribution < -0.4 is 10.6 Å². The Balaban J connectivity index is 1.86. The second-order valence-corrected chi connectivity index (χ2v) is 6.29. The summed E-state index contributed by atoms with van der Waals surface area (Å²) in [5.41, 5.74) is 1.87. The molecule has 0 saturated heterocycles. The molecular formula is C20H25N3O4. The van der Waals surface area contributed by atoms with Gasteiger partial charge in [-0.15, -0.1) is 0 Å². The van der Waals surface area contributed by atoms with Gasteiger partial charge in [-0.05, 0) is 29.7 Å². The van der Waals surface area contributed by atoms with E-state index in [1.165, 1.54) is 6.92 Å². The van der Waals surface area contributed by atoms with Crippen molar-refractivity contribution >= 4 is 11.8 Å². The average molecular weight is 371 g/mol. The molecular weight excluding hydrogens is 346 g/mol. The van der Waals surface area contributed by atoms with Gasteiger partial charge < -0.3 is 20.9 Å². The van der Waals surface area contributed by atoms with Crippen LogP contribution in [0.25, 0.3) is 0 Å². The van der Waals surface area contributed by atoms with Crippen molar-refractivity contribution in [1.29, 1.82) is 0 Å². The summed E-state index contributed by atoms with van der Waals surface area (Å²) >= 11 is 0. The first kappa shape index (κ1) is 20.4. The van der Waals surface area contributed by atoms with Crippen molar-refractivity contribution in [3.05, 3.63) is 65.7 Å². The van der Waals surface area contributed by atoms with Gasteiger partial charge in [-0.25, -0.2) is 0 Å². The minimum absolute atomic E-state index is 0.0283. The molecule has 0 aliphatic carbocycles. The average Bonchev–Trinajstić information content (AvgIpc) is 2.63. The summed E-state index contributed by atoms with van der Waals surface area (Å²) in [6, 6.07) is 15.2. The third kappa shape index (κ3) is 7.47. The number of carbonyl (C=O) groups is 2. The van der Waals surface area contributed by atoms with Crippen LogP contribution in [0, 0.1) is 0 Å². The van der Waals surface area contributed by atoms with E-state index in [4.69, 9.17) is 0 Å². The first-order chi connectivity index (χ1) is 12.9. The largest absolute Gasteiger partial charge is 0.508 e. The molecule has 0 heterocycles. The minimum atomic E-state index is -0.865. The van der Waals surface area contributed by atoms with Crippen LogP contribution in [0.3, 0.4) is 0 Å². The lowest BCUT2D eigenvalue weighted by molar-refractivity contribution is -0.137. The Bertz CT molecular complexity index is 735. The zero-order valence-electron chi connectivity index (χ0n) is 15.3. The van der Waals surface area contributed by atoms with Crippen molar-refractivity contribution in [2.24, 2.45) is 0 Å². The number of phenols is 1. The smallest absolute Gasteiger partial charge is 0.244 e. The number of nitrogens with zero attached hydrogens (tertiary/aromatic N) is 1. The van der Waals surface area contributed by atoms with Crippen LogP contribution in [-0.2, 0) is 22.6 Å². The summed E-state index contributed by atoms with van der Waals surface area (Å²) in [6.07, 6.45) is 0.589. The number of rotatable bonds is 9. The zero-order chi connectivity index (χ0) is 19.6. The van der Waals surface area contributed by atoms with E-state index in [0.29, 0.717) is 13.0 Å². The quantitative estimate of drug-likeness (QED) is 0.500. The Morgan fingerprint density at radius 3 is 2.33 bits per heavy atom. The van der Waals surface area contributed by atoms with E-state index in [0.717, 1.165) is 16.2 Å². The number of amides is 2. The molecule has 7 heteroatoms. The third-order valence-electron chi connectivity index (χ3n) is 3.94. The van der Waals surface area contributed by atoms with Crippen LogP contribution in [0.1, 0.15) is 18.1 Å². The molecule has 2 aromatic rings. The van der Waals surface area contributed by atoms with Gasteiger partial charge in [0.05, 0.1) is 6.54 Å².